The van der Waals surface area contributed by atoms with Gasteiger partial charge in [-0.2, -0.15) is 0 Å². The second kappa shape index (κ2) is 11.3. The van der Waals surface area contributed by atoms with Gasteiger partial charge in [0.1, 0.15) is 18.2 Å². The molecule has 0 fully saturated rings. The van der Waals surface area contributed by atoms with Crippen molar-refractivity contribution < 1.29 is 28.7 Å². The van der Waals surface area contributed by atoms with Crippen LogP contribution in [0, 0.1) is 11.8 Å². The van der Waals surface area contributed by atoms with E-state index in [9.17, 15) is 19.2 Å². The van der Waals surface area contributed by atoms with Crippen LogP contribution in [0.15, 0.2) is 0 Å². The number of carbonyl (C=O) groups is 4. The summed E-state index contributed by atoms with van der Waals surface area (Å²) in [4.78, 5) is 49.7. The quantitative estimate of drug-likeness (QED) is 0.547. The van der Waals surface area contributed by atoms with E-state index in [0.29, 0.717) is 0 Å². The molecule has 0 N–H and O–H groups in total. The van der Waals surface area contributed by atoms with E-state index in [1.54, 1.807) is 27.7 Å². The van der Waals surface area contributed by atoms with Crippen molar-refractivity contribution in [1.29, 1.82) is 0 Å². The Morgan fingerprint density at radius 3 is 2.04 bits per heavy atom. The molecule has 2 atom stereocenters. The molecule has 0 aliphatic carbocycles. The smallest absolute Gasteiger partial charge is 0.328 e. The summed E-state index contributed by atoms with van der Waals surface area (Å²) in [6.45, 7) is 13.5. The first-order valence-corrected chi connectivity index (χ1v) is 10.1. The van der Waals surface area contributed by atoms with Gasteiger partial charge in [0.2, 0.25) is 5.91 Å². The van der Waals surface area contributed by atoms with Gasteiger partial charge in [-0.15, -0.1) is 0 Å². The van der Waals surface area contributed by atoms with Crippen molar-refractivity contribution >= 4 is 34.7 Å². The number of thioether (sulfide) groups is 1. The van der Waals surface area contributed by atoms with Gasteiger partial charge in [-0.05, 0) is 33.6 Å². The molecule has 27 heavy (non-hydrogen) atoms. The average molecular weight is 404 g/mol. The van der Waals surface area contributed by atoms with Crippen molar-refractivity contribution in [2.45, 2.75) is 67.0 Å². The standard InChI is InChI=1S/C19H33NO6S/c1-12(2)10-25-18(24)14(4)20(9-16(22)26-19(6,7)8)17(23)13(3)11-27-15(5)21/h12-14H,9-11H2,1-8H3/t13?,14-/m1/s1. The molecular weight excluding hydrogens is 370 g/mol. The lowest BCUT2D eigenvalue weighted by molar-refractivity contribution is -0.164. The number of carbonyl (C=O) groups excluding carboxylic acids is 4. The molecule has 0 radical (unpaired) electrons. The molecule has 0 aromatic heterocycles. The Hall–Kier alpha value is -1.57. The summed E-state index contributed by atoms with van der Waals surface area (Å²) in [5.74, 6) is -1.70. The lowest BCUT2D eigenvalue weighted by atomic mass is 10.1. The first-order chi connectivity index (χ1) is 12.2. The molecule has 7 nitrogen and oxygen atoms in total. The molecule has 0 aliphatic heterocycles. The molecule has 0 saturated carbocycles. The highest BCUT2D eigenvalue weighted by Crippen LogP contribution is 2.16. The van der Waals surface area contributed by atoms with Crippen LogP contribution in [0.5, 0.6) is 0 Å². The summed E-state index contributed by atoms with van der Waals surface area (Å²) in [6.07, 6.45) is 0. The Bertz CT molecular complexity index is 541. The van der Waals surface area contributed by atoms with Gasteiger partial charge in [0.15, 0.2) is 5.12 Å². The van der Waals surface area contributed by atoms with E-state index in [1.165, 1.54) is 18.7 Å². The van der Waals surface area contributed by atoms with Crippen molar-refractivity contribution in [3.63, 3.8) is 0 Å². The molecule has 156 valence electrons. The molecule has 1 unspecified atom stereocenters. The van der Waals surface area contributed by atoms with Crippen LogP contribution < -0.4 is 0 Å². The number of rotatable bonds is 9. The van der Waals surface area contributed by atoms with Crippen LogP contribution in [0.2, 0.25) is 0 Å². The van der Waals surface area contributed by atoms with Crippen molar-refractivity contribution in [2.24, 2.45) is 11.8 Å². The number of hydrogen-bond acceptors (Lipinski definition) is 7. The predicted octanol–water partition coefficient (Wildman–Crippen LogP) is 2.66. The highest BCUT2D eigenvalue weighted by Gasteiger charge is 2.33. The molecule has 0 rings (SSSR count). The van der Waals surface area contributed by atoms with Crippen LogP contribution in [0.4, 0.5) is 0 Å². The highest BCUT2D eigenvalue weighted by molar-refractivity contribution is 8.13. The summed E-state index contributed by atoms with van der Waals surface area (Å²) in [6, 6.07) is -0.937. The molecule has 0 saturated heterocycles. The topological polar surface area (TPSA) is 90.0 Å². The number of amides is 1. The summed E-state index contributed by atoms with van der Waals surface area (Å²) < 4.78 is 10.5. The Kier molecular flexibility index (Phi) is 10.7. The minimum absolute atomic E-state index is 0.0993. The second-order valence-electron chi connectivity index (χ2n) is 7.96. The van der Waals surface area contributed by atoms with Crippen LogP contribution in [0.25, 0.3) is 0 Å². The fourth-order valence-corrected chi connectivity index (χ4v) is 2.64. The SMILES string of the molecule is CC(=O)SCC(C)C(=O)N(CC(=O)OC(C)(C)C)[C@H](C)C(=O)OCC(C)C. The van der Waals surface area contributed by atoms with Crippen LogP contribution in [-0.4, -0.2) is 58.4 Å². The zero-order chi connectivity index (χ0) is 21.4. The van der Waals surface area contributed by atoms with Crippen molar-refractivity contribution in [1.82, 2.24) is 4.90 Å². The lowest BCUT2D eigenvalue weighted by Crippen LogP contribution is -2.50. The zero-order valence-electron chi connectivity index (χ0n) is 17.7. The van der Waals surface area contributed by atoms with Gasteiger partial charge in [0, 0.05) is 18.6 Å². The Morgan fingerprint density at radius 1 is 1.04 bits per heavy atom. The lowest BCUT2D eigenvalue weighted by Gasteiger charge is -2.30. The van der Waals surface area contributed by atoms with E-state index in [2.05, 4.69) is 0 Å². The van der Waals surface area contributed by atoms with Gasteiger partial charge in [0.25, 0.3) is 0 Å². The third kappa shape index (κ3) is 11.0. The fraction of sp³-hybridized carbons (Fsp3) is 0.789. The normalized spacial score (nSPS) is 13.7. The molecule has 1 amide bonds. The maximum absolute atomic E-state index is 12.8. The largest absolute Gasteiger partial charge is 0.464 e. The number of esters is 2. The van der Waals surface area contributed by atoms with E-state index in [-0.39, 0.29) is 29.9 Å². The van der Waals surface area contributed by atoms with E-state index < -0.39 is 35.4 Å². The summed E-state index contributed by atoms with van der Waals surface area (Å²) in [7, 11) is 0. The molecule has 0 bridgehead atoms. The van der Waals surface area contributed by atoms with Crippen molar-refractivity contribution in [3.05, 3.63) is 0 Å². The van der Waals surface area contributed by atoms with E-state index >= 15 is 0 Å². The second-order valence-corrected chi connectivity index (χ2v) is 9.15. The maximum Gasteiger partial charge on any atom is 0.328 e. The minimum atomic E-state index is -0.937. The highest BCUT2D eigenvalue weighted by atomic mass is 32.2. The third-order valence-corrected chi connectivity index (χ3v) is 4.40. The van der Waals surface area contributed by atoms with Gasteiger partial charge >= 0.3 is 11.9 Å². The Labute approximate surface area is 166 Å². The Balaban J connectivity index is 5.29. The number of hydrogen-bond donors (Lipinski definition) is 0. The van der Waals surface area contributed by atoms with Crippen LogP contribution in [0.3, 0.4) is 0 Å². The molecule has 0 aromatic rings. The van der Waals surface area contributed by atoms with Crippen LogP contribution in [-0.2, 0) is 28.7 Å². The molecule has 0 aliphatic rings. The maximum atomic E-state index is 12.8. The molecular formula is C19H33NO6S. The van der Waals surface area contributed by atoms with Gasteiger partial charge < -0.3 is 14.4 Å². The third-order valence-electron chi connectivity index (χ3n) is 3.33. The first kappa shape index (κ1) is 25.4. The number of ether oxygens (including phenoxy) is 2. The molecule has 8 heteroatoms. The van der Waals surface area contributed by atoms with Gasteiger partial charge in [-0.1, -0.05) is 32.5 Å². The predicted molar refractivity (Wildman–Crippen MR) is 105 cm³/mol. The summed E-state index contributed by atoms with van der Waals surface area (Å²) in [5.41, 5.74) is -0.705. The van der Waals surface area contributed by atoms with Crippen molar-refractivity contribution in [2.75, 3.05) is 18.9 Å². The summed E-state index contributed by atoms with van der Waals surface area (Å²) >= 11 is 1.03. The van der Waals surface area contributed by atoms with Gasteiger partial charge in [-0.25, -0.2) is 4.79 Å². The van der Waals surface area contributed by atoms with Crippen LogP contribution >= 0.6 is 11.8 Å². The Morgan fingerprint density at radius 2 is 1.59 bits per heavy atom. The summed E-state index contributed by atoms with van der Waals surface area (Å²) in [5, 5.41) is -0.0993. The molecule has 0 spiro atoms. The van der Waals surface area contributed by atoms with Crippen LogP contribution in [0.1, 0.15) is 55.4 Å². The van der Waals surface area contributed by atoms with E-state index in [0.717, 1.165) is 11.8 Å². The van der Waals surface area contributed by atoms with Gasteiger partial charge in [-0.3, -0.25) is 14.4 Å². The van der Waals surface area contributed by atoms with Gasteiger partial charge in [0.05, 0.1) is 6.61 Å². The zero-order valence-corrected chi connectivity index (χ0v) is 18.5. The number of nitrogens with zero attached hydrogens (tertiary/aromatic N) is 1. The monoisotopic (exact) mass is 403 g/mol. The average Bonchev–Trinajstić information content (AvgIpc) is 2.52. The fourth-order valence-electron chi connectivity index (χ4n) is 2.01. The molecule has 0 heterocycles. The first-order valence-electron chi connectivity index (χ1n) is 9.07. The van der Waals surface area contributed by atoms with E-state index in [1.807, 2.05) is 13.8 Å². The van der Waals surface area contributed by atoms with E-state index in [4.69, 9.17) is 9.47 Å². The minimum Gasteiger partial charge on any atom is -0.464 e. The van der Waals surface area contributed by atoms with Crippen molar-refractivity contribution in [3.8, 4) is 0 Å². The molecule has 0 aromatic carbocycles.